The normalized spacial score (nSPS) is 16.1. The van der Waals surface area contributed by atoms with Gasteiger partial charge < -0.3 is 5.11 Å². The second-order valence-corrected chi connectivity index (χ2v) is 5.77. The molecule has 1 fully saturated rings. The summed E-state index contributed by atoms with van der Waals surface area (Å²) >= 11 is 6.02. The first-order valence-electron chi connectivity index (χ1n) is 6.86. The van der Waals surface area contributed by atoms with Crippen LogP contribution in [0, 0.1) is 5.82 Å². The van der Waals surface area contributed by atoms with Crippen molar-refractivity contribution in [3.05, 3.63) is 70.0 Å². The van der Waals surface area contributed by atoms with Gasteiger partial charge in [-0.3, -0.25) is 0 Å². The Morgan fingerprint density at radius 2 is 1.95 bits per heavy atom. The Balaban J connectivity index is 1.84. The summed E-state index contributed by atoms with van der Waals surface area (Å²) in [6.07, 6.45) is 2.19. The van der Waals surface area contributed by atoms with Gasteiger partial charge in [0.1, 0.15) is 5.82 Å². The maximum atomic E-state index is 13.0. The molecule has 1 unspecified atom stereocenters. The van der Waals surface area contributed by atoms with Gasteiger partial charge in [0.2, 0.25) is 0 Å². The molecule has 1 aliphatic carbocycles. The molecule has 1 saturated carbocycles. The first-order chi connectivity index (χ1) is 9.65. The molecule has 2 aromatic carbocycles. The van der Waals surface area contributed by atoms with Crippen LogP contribution in [0.5, 0.6) is 0 Å². The molecule has 3 rings (SSSR count). The van der Waals surface area contributed by atoms with Gasteiger partial charge in [-0.15, -0.1) is 0 Å². The Morgan fingerprint density at radius 1 is 1.20 bits per heavy atom. The lowest BCUT2D eigenvalue weighted by Gasteiger charge is -2.16. The molecule has 2 aromatic rings. The molecule has 104 valence electrons. The molecule has 0 saturated heterocycles. The smallest absolute Gasteiger partial charge is 0.124 e. The van der Waals surface area contributed by atoms with Crippen LogP contribution < -0.4 is 0 Å². The van der Waals surface area contributed by atoms with Crippen molar-refractivity contribution in [2.75, 3.05) is 0 Å². The Kier molecular flexibility index (Phi) is 3.77. The zero-order valence-electron chi connectivity index (χ0n) is 11.0. The lowest BCUT2D eigenvalue weighted by Crippen LogP contribution is -2.05. The van der Waals surface area contributed by atoms with Crippen molar-refractivity contribution in [3.63, 3.8) is 0 Å². The van der Waals surface area contributed by atoms with Crippen molar-refractivity contribution in [2.45, 2.75) is 31.3 Å². The van der Waals surface area contributed by atoms with Crippen molar-refractivity contribution in [2.24, 2.45) is 0 Å². The zero-order valence-corrected chi connectivity index (χ0v) is 11.8. The van der Waals surface area contributed by atoms with E-state index in [-0.39, 0.29) is 5.82 Å². The topological polar surface area (TPSA) is 20.2 Å². The average Bonchev–Trinajstić information content (AvgIpc) is 3.26. The van der Waals surface area contributed by atoms with Gasteiger partial charge in [0, 0.05) is 11.4 Å². The fourth-order valence-electron chi connectivity index (χ4n) is 2.59. The molecular formula is C17H16ClFO. The lowest BCUT2D eigenvalue weighted by molar-refractivity contribution is 0.177. The van der Waals surface area contributed by atoms with E-state index in [0.29, 0.717) is 17.4 Å². The number of hydrogen-bond donors (Lipinski definition) is 1. The third-order valence-corrected chi connectivity index (χ3v) is 4.15. The Morgan fingerprint density at radius 3 is 2.65 bits per heavy atom. The summed E-state index contributed by atoms with van der Waals surface area (Å²) in [5, 5.41) is 10.8. The third kappa shape index (κ3) is 2.87. The van der Waals surface area contributed by atoms with Gasteiger partial charge in [-0.25, -0.2) is 4.39 Å². The fraction of sp³-hybridized carbons (Fsp3) is 0.294. The van der Waals surface area contributed by atoms with E-state index in [2.05, 4.69) is 6.07 Å². The number of aliphatic hydroxyl groups excluding tert-OH is 1. The lowest BCUT2D eigenvalue weighted by atomic mass is 9.95. The molecule has 1 nitrogen and oxygen atoms in total. The highest BCUT2D eigenvalue weighted by Crippen LogP contribution is 2.43. The first kappa shape index (κ1) is 13.6. The second-order valence-electron chi connectivity index (χ2n) is 5.36. The van der Waals surface area contributed by atoms with Gasteiger partial charge in [-0.05, 0) is 47.6 Å². The van der Waals surface area contributed by atoms with Gasteiger partial charge in [0.15, 0.2) is 0 Å². The minimum absolute atomic E-state index is 0.355. The van der Waals surface area contributed by atoms with Crippen LogP contribution >= 0.6 is 11.6 Å². The minimum atomic E-state index is -0.602. The number of hydrogen-bond acceptors (Lipinski definition) is 1. The maximum absolute atomic E-state index is 13.0. The van der Waals surface area contributed by atoms with E-state index in [4.69, 9.17) is 11.6 Å². The monoisotopic (exact) mass is 290 g/mol. The van der Waals surface area contributed by atoms with Gasteiger partial charge in [-0.2, -0.15) is 0 Å². The zero-order chi connectivity index (χ0) is 14.1. The number of halogens is 2. The van der Waals surface area contributed by atoms with E-state index >= 15 is 0 Å². The molecule has 0 heterocycles. The van der Waals surface area contributed by atoms with E-state index < -0.39 is 6.10 Å². The van der Waals surface area contributed by atoms with Crippen molar-refractivity contribution in [3.8, 4) is 0 Å². The van der Waals surface area contributed by atoms with Crippen LogP contribution in [0.25, 0.3) is 0 Å². The third-order valence-electron chi connectivity index (χ3n) is 3.80. The van der Waals surface area contributed by atoms with Crippen LogP contribution in [-0.2, 0) is 6.42 Å². The standard InChI is InChI=1S/C17H16ClFO/c18-16-10-13(19)8-7-12(16)9-17(20)15-4-2-1-3-14(15)11-5-6-11/h1-4,7-8,10-11,17,20H,5-6,9H2. The molecule has 1 aliphatic rings. The predicted molar refractivity (Wildman–Crippen MR) is 78.5 cm³/mol. The molecule has 0 aromatic heterocycles. The molecule has 0 radical (unpaired) electrons. The van der Waals surface area contributed by atoms with Crippen molar-refractivity contribution >= 4 is 11.6 Å². The SMILES string of the molecule is OC(Cc1ccc(F)cc1Cl)c1ccccc1C1CC1. The molecule has 20 heavy (non-hydrogen) atoms. The van der Waals surface area contributed by atoms with E-state index in [0.717, 1.165) is 11.1 Å². The highest BCUT2D eigenvalue weighted by atomic mass is 35.5. The fourth-order valence-corrected chi connectivity index (χ4v) is 2.83. The summed E-state index contributed by atoms with van der Waals surface area (Å²) in [6.45, 7) is 0. The van der Waals surface area contributed by atoms with Crippen LogP contribution in [-0.4, -0.2) is 5.11 Å². The largest absolute Gasteiger partial charge is 0.388 e. The van der Waals surface area contributed by atoms with Gasteiger partial charge in [0.25, 0.3) is 0 Å². The quantitative estimate of drug-likeness (QED) is 0.870. The maximum Gasteiger partial charge on any atom is 0.124 e. The first-order valence-corrected chi connectivity index (χ1v) is 7.24. The second kappa shape index (κ2) is 5.55. The summed E-state index contributed by atoms with van der Waals surface area (Å²) in [5.74, 6) is 0.233. The summed E-state index contributed by atoms with van der Waals surface area (Å²) in [4.78, 5) is 0. The van der Waals surface area contributed by atoms with E-state index in [9.17, 15) is 9.50 Å². The van der Waals surface area contributed by atoms with E-state index in [1.807, 2.05) is 18.2 Å². The van der Waals surface area contributed by atoms with Crippen LogP contribution in [0.15, 0.2) is 42.5 Å². The number of rotatable bonds is 4. The summed E-state index contributed by atoms with van der Waals surface area (Å²) in [5.41, 5.74) is 2.97. The molecular weight excluding hydrogens is 275 g/mol. The van der Waals surface area contributed by atoms with Gasteiger partial charge >= 0.3 is 0 Å². The molecule has 0 bridgehead atoms. The Hall–Kier alpha value is -1.38. The Bertz CT molecular complexity index is 622. The molecule has 1 atom stereocenters. The van der Waals surface area contributed by atoms with Gasteiger partial charge in [-0.1, -0.05) is 41.9 Å². The van der Waals surface area contributed by atoms with Crippen molar-refractivity contribution < 1.29 is 9.50 Å². The highest BCUT2D eigenvalue weighted by Gasteiger charge is 2.27. The predicted octanol–water partition coefficient (Wildman–Crippen LogP) is 4.63. The molecule has 0 amide bonds. The summed E-state index contributed by atoms with van der Waals surface area (Å²) in [7, 11) is 0. The number of benzene rings is 2. The summed E-state index contributed by atoms with van der Waals surface area (Å²) < 4.78 is 13.0. The van der Waals surface area contributed by atoms with Crippen LogP contribution in [0.3, 0.4) is 0 Å². The van der Waals surface area contributed by atoms with Crippen molar-refractivity contribution in [1.29, 1.82) is 0 Å². The number of aliphatic hydroxyl groups is 1. The van der Waals surface area contributed by atoms with Crippen LogP contribution in [0.2, 0.25) is 5.02 Å². The highest BCUT2D eigenvalue weighted by molar-refractivity contribution is 6.31. The Labute approximate surface area is 123 Å². The molecule has 0 spiro atoms. The molecule has 3 heteroatoms. The van der Waals surface area contributed by atoms with Crippen LogP contribution in [0.4, 0.5) is 4.39 Å². The summed E-state index contributed by atoms with van der Waals surface area (Å²) in [6, 6.07) is 12.3. The average molecular weight is 291 g/mol. The van der Waals surface area contributed by atoms with Gasteiger partial charge in [0.05, 0.1) is 6.10 Å². The minimum Gasteiger partial charge on any atom is -0.388 e. The van der Waals surface area contributed by atoms with E-state index in [1.165, 1.54) is 30.5 Å². The van der Waals surface area contributed by atoms with Crippen LogP contribution in [0.1, 0.15) is 41.6 Å². The van der Waals surface area contributed by atoms with E-state index in [1.54, 1.807) is 6.07 Å². The molecule has 1 N–H and O–H groups in total. The van der Waals surface area contributed by atoms with Crippen molar-refractivity contribution in [1.82, 2.24) is 0 Å². The molecule has 0 aliphatic heterocycles.